The zero-order valence-electron chi connectivity index (χ0n) is 14.0. The van der Waals surface area contributed by atoms with E-state index in [0.717, 1.165) is 16.7 Å². The number of nitrogens with zero attached hydrogens (tertiary/aromatic N) is 1. The van der Waals surface area contributed by atoms with Gasteiger partial charge in [-0.15, -0.1) is 0 Å². The standard InChI is InChI=1S/C18H13NO6S2/c1-24-17(23)11-4-2-3-10(7-11)13-6-5-12(25-13)8-14-16(22)19(9-15(20)21)18(26)27-14/h2-8H,9H2,1H3,(H,20,21). The third kappa shape index (κ3) is 4.09. The van der Waals surface area contributed by atoms with Gasteiger partial charge < -0.3 is 14.3 Å². The number of furan rings is 1. The number of rotatable bonds is 5. The molecule has 3 rings (SSSR count). The van der Waals surface area contributed by atoms with Crippen molar-refractivity contribution in [2.75, 3.05) is 13.7 Å². The molecular weight excluding hydrogens is 390 g/mol. The minimum Gasteiger partial charge on any atom is -0.480 e. The Morgan fingerprint density at radius 2 is 2.11 bits per heavy atom. The van der Waals surface area contributed by atoms with Gasteiger partial charge >= 0.3 is 11.9 Å². The van der Waals surface area contributed by atoms with Gasteiger partial charge in [0.25, 0.3) is 5.91 Å². The number of thioether (sulfide) groups is 1. The predicted molar refractivity (Wildman–Crippen MR) is 103 cm³/mol. The molecule has 1 aromatic carbocycles. The molecule has 1 saturated heterocycles. The maximum absolute atomic E-state index is 12.3. The normalized spacial score (nSPS) is 15.4. The van der Waals surface area contributed by atoms with E-state index in [1.165, 1.54) is 13.2 Å². The highest BCUT2D eigenvalue weighted by molar-refractivity contribution is 8.26. The molecular formula is C18H13NO6S2. The van der Waals surface area contributed by atoms with Crippen molar-refractivity contribution >= 4 is 52.2 Å². The van der Waals surface area contributed by atoms with Gasteiger partial charge in [-0.2, -0.15) is 0 Å². The second-order valence-electron chi connectivity index (χ2n) is 5.44. The average molecular weight is 403 g/mol. The molecule has 7 nitrogen and oxygen atoms in total. The second-order valence-corrected chi connectivity index (χ2v) is 7.11. The van der Waals surface area contributed by atoms with Gasteiger partial charge in [0.15, 0.2) is 0 Å². The average Bonchev–Trinajstić information content (AvgIpc) is 3.21. The van der Waals surface area contributed by atoms with Crippen molar-refractivity contribution < 1.29 is 28.6 Å². The monoisotopic (exact) mass is 403 g/mol. The molecule has 1 N–H and O–H groups in total. The highest BCUT2D eigenvalue weighted by Gasteiger charge is 2.33. The molecule has 138 valence electrons. The van der Waals surface area contributed by atoms with E-state index in [1.807, 2.05) is 0 Å². The molecule has 0 atom stereocenters. The summed E-state index contributed by atoms with van der Waals surface area (Å²) in [5.41, 5.74) is 1.07. The van der Waals surface area contributed by atoms with Crippen molar-refractivity contribution in [3.05, 3.63) is 52.6 Å². The Kier molecular flexibility index (Phi) is 5.43. The Hall–Kier alpha value is -2.91. The summed E-state index contributed by atoms with van der Waals surface area (Å²) in [4.78, 5) is 36.1. The van der Waals surface area contributed by atoms with Gasteiger partial charge in [-0.25, -0.2) is 4.79 Å². The van der Waals surface area contributed by atoms with Crippen molar-refractivity contribution in [2.45, 2.75) is 0 Å². The predicted octanol–water partition coefficient (Wildman–Crippen LogP) is 3.02. The van der Waals surface area contributed by atoms with E-state index in [0.29, 0.717) is 22.6 Å². The molecule has 0 radical (unpaired) electrons. The summed E-state index contributed by atoms with van der Waals surface area (Å²) in [5.74, 6) is -1.15. The Labute approximate surface area is 163 Å². The van der Waals surface area contributed by atoms with Gasteiger partial charge in [0.1, 0.15) is 22.4 Å². The number of methoxy groups -OCH3 is 1. The van der Waals surface area contributed by atoms with E-state index >= 15 is 0 Å². The van der Waals surface area contributed by atoms with E-state index < -0.39 is 24.4 Å². The van der Waals surface area contributed by atoms with Crippen molar-refractivity contribution in [1.29, 1.82) is 0 Å². The van der Waals surface area contributed by atoms with E-state index in [9.17, 15) is 14.4 Å². The largest absolute Gasteiger partial charge is 0.480 e. The maximum Gasteiger partial charge on any atom is 0.337 e. The molecule has 1 amide bonds. The number of benzene rings is 1. The first-order valence-corrected chi connectivity index (χ1v) is 8.87. The Morgan fingerprint density at radius 1 is 1.33 bits per heavy atom. The Morgan fingerprint density at radius 3 is 2.81 bits per heavy atom. The number of carboxylic acids is 1. The highest BCUT2D eigenvalue weighted by Crippen LogP contribution is 2.33. The van der Waals surface area contributed by atoms with Crippen LogP contribution < -0.4 is 0 Å². The van der Waals surface area contributed by atoms with Gasteiger partial charge in [-0.05, 0) is 24.3 Å². The molecule has 1 fully saturated rings. The molecule has 0 unspecified atom stereocenters. The topological polar surface area (TPSA) is 97.0 Å². The lowest BCUT2D eigenvalue weighted by atomic mass is 10.1. The minimum absolute atomic E-state index is 0.186. The highest BCUT2D eigenvalue weighted by atomic mass is 32.2. The second kappa shape index (κ2) is 7.77. The van der Waals surface area contributed by atoms with Gasteiger partial charge in [-0.3, -0.25) is 14.5 Å². The van der Waals surface area contributed by atoms with Crippen LogP contribution in [0.5, 0.6) is 0 Å². The third-order valence-electron chi connectivity index (χ3n) is 3.64. The van der Waals surface area contributed by atoms with Gasteiger partial charge in [0.2, 0.25) is 0 Å². The van der Waals surface area contributed by atoms with Crippen LogP contribution in [0.2, 0.25) is 0 Å². The molecule has 0 saturated carbocycles. The van der Waals surface area contributed by atoms with Crippen molar-refractivity contribution in [3.63, 3.8) is 0 Å². The summed E-state index contributed by atoms with van der Waals surface area (Å²) < 4.78 is 10.6. The van der Waals surface area contributed by atoms with Crippen LogP contribution in [0.3, 0.4) is 0 Å². The lowest BCUT2D eigenvalue weighted by Gasteiger charge is -2.09. The number of carbonyl (C=O) groups excluding carboxylic acids is 2. The fraction of sp³-hybridized carbons (Fsp3) is 0.111. The van der Waals surface area contributed by atoms with E-state index in [4.69, 9.17) is 26.5 Å². The molecule has 1 aliphatic rings. The number of esters is 1. The van der Waals surface area contributed by atoms with Crippen LogP contribution in [0.25, 0.3) is 17.4 Å². The van der Waals surface area contributed by atoms with Crippen LogP contribution in [0.1, 0.15) is 16.1 Å². The maximum atomic E-state index is 12.3. The first kappa shape index (κ1) is 18.9. The number of thiocarbonyl (C=S) groups is 1. The number of aliphatic carboxylic acids is 1. The summed E-state index contributed by atoms with van der Waals surface area (Å²) in [5, 5.41) is 8.86. The number of hydrogen-bond acceptors (Lipinski definition) is 7. The summed E-state index contributed by atoms with van der Waals surface area (Å²) in [6, 6.07) is 10.1. The molecule has 0 bridgehead atoms. The molecule has 0 spiro atoms. The molecule has 2 heterocycles. The number of ether oxygens (including phenoxy) is 1. The van der Waals surface area contributed by atoms with Crippen LogP contribution >= 0.6 is 24.0 Å². The summed E-state index contributed by atoms with van der Waals surface area (Å²) >= 11 is 6.07. The third-order valence-corrected chi connectivity index (χ3v) is 5.01. The summed E-state index contributed by atoms with van der Waals surface area (Å²) in [6.07, 6.45) is 1.51. The van der Waals surface area contributed by atoms with Gasteiger partial charge in [-0.1, -0.05) is 36.1 Å². The van der Waals surface area contributed by atoms with E-state index in [2.05, 4.69) is 0 Å². The van der Waals surface area contributed by atoms with Crippen LogP contribution in [-0.4, -0.2) is 45.8 Å². The first-order valence-electron chi connectivity index (χ1n) is 7.65. The molecule has 1 aliphatic heterocycles. The van der Waals surface area contributed by atoms with Crippen LogP contribution in [0.15, 0.2) is 45.7 Å². The SMILES string of the molecule is COC(=O)c1cccc(-c2ccc(C=C3SC(=S)N(CC(=O)O)C3=O)o2)c1. The van der Waals surface area contributed by atoms with Crippen LogP contribution in [0, 0.1) is 0 Å². The smallest absolute Gasteiger partial charge is 0.337 e. The van der Waals surface area contributed by atoms with Gasteiger partial charge in [0, 0.05) is 11.6 Å². The number of carboxylic acid groups (broad SMARTS) is 1. The number of amides is 1. The molecule has 1 aromatic heterocycles. The van der Waals surface area contributed by atoms with Crippen molar-refractivity contribution in [3.8, 4) is 11.3 Å². The molecule has 2 aromatic rings. The quantitative estimate of drug-likeness (QED) is 0.462. The van der Waals surface area contributed by atoms with Crippen LogP contribution in [0.4, 0.5) is 0 Å². The van der Waals surface area contributed by atoms with Crippen molar-refractivity contribution in [2.24, 2.45) is 0 Å². The summed E-state index contributed by atoms with van der Waals surface area (Å²) in [6.45, 7) is -0.480. The molecule has 27 heavy (non-hydrogen) atoms. The fourth-order valence-corrected chi connectivity index (χ4v) is 3.64. The lowest BCUT2D eigenvalue weighted by Crippen LogP contribution is -2.33. The van der Waals surface area contributed by atoms with E-state index in [-0.39, 0.29) is 9.23 Å². The van der Waals surface area contributed by atoms with Crippen LogP contribution in [-0.2, 0) is 14.3 Å². The Balaban J connectivity index is 1.84. The first-order chi connectivity index (χ1) is 12.9. The molecule has 9 heteroatoms. The lowest BCUT2D eigenvalue weighted by molar-refractivity contribution is -0.140. The number of carbonyl (C=O) groups is 3. The van der Waals surface area contributed by atoms with Crippen molar-refractivity contribution in [1.82, 2.24) is 4.90 Å². The fourth-order valence-electron chi connectivity index (χ4n) is 2.40. The minimum atomic E-state index is -1.14. The summed E-state index contributed by atoms with van der Waals surface area (Å²) in [7, 11) is 1.31. The van der Waals surface area contributed by atoms with Gasteiger partial charge in [0.05, 0.1) is 17.6 Å². The van der Waals surface area contributed by atoms with E-state index in [1.54, 1.807) is 36.4 Å². The Bertz CT molecular complexity index is 978. The molecule has 0 aliphatic carbocycles. The zero-order valence-corrected chi connectivity index (χ0v) is 15.6. The zero-order chi connectivity index (χ0) is 19.6. The number of hydrogen-bond donors (Lipinski definition) is 1.